The summed E-state index contributed by atoms with van der Waals surface area (Å²) in [5, 5.41) is 13.1. The van der Waals surface area contributed by atoms with Gasteiger partial charge in [-0.3, -0.25) is 0 Å². The highest BCUT2D eigenvalue weighted by Gasteiger charge is 2.18. The van der Waals surface area contributed by atoms with Crippen molar-refractivity contribution in [1.82, 2.24) is 15.1 Å². The molecule has 3 rings (SSSR count). The molecule has 0 fully saturated rings. The first-order chi connectivity index (χ1) is 11.2. The van der Waals surface area contributed by atoms with E-state index in [1.54, 1.807) is 6.92 Å². The predicted molar refractivity (Wildman–Crippen MR) is 82.7 cm³/mol. The fourth-order valence-corrected chi connectivity index (χ4v) is 2.16. The molecular weight excluding hydrogens is 294 g/mol. The van der Waals surface area contributed by atoms with Crippen LogP contribution in [0.1, 0.15) is 17.4 Å². The van der Waals surface area contributed by atoms with E-state index in [2.05, 4.69) is 21.2 Å². The molecule has 2 heterocycles. The largest absolute Gasteiger partial charge is 0.419 e. The van der Waals surface area contributed by atoms with Gasteiger partial charge in [0.15, 0.2) is 5.82 Å². The Labute approximate surface area is 133 Å². The maximum atomic E-state index is 9.28. The SMILES string of the molecule is Cc1nc(CCN(C)c2oc(-c3ccccc3)nc2C#N)no1. The molecule has 0 saturated heterocycles. The summed E-state index contributed by atoms with van der Waals surface area (Å²) in [5.74, 6) is 2.02. The zero-order valence-corrected chi connectivity index (χ0v) is 12.9. The van der Waals surface area contributed by atoms with Gasteiger partial charge >= 0.3 is 0 Å². The number of hydrogen-bond acceptors (Lipinski definition) is 7. The third kappa shape index (κ3) is 3.21. The molecular formula is C16H15N5O2. The molecule has 0 radical (unpaired) electrons. The van der Waals surface area contributed by atoms with Crippen LogP contribution >= 0.6 is 0 Å². The van der Waals surface area contributed by atoms with Crippen LogP contribution in [0.3, 0.4) is 0 Å². The summed E-state index contributed by atoms with van der Waals surface area (Å²) >= 11 is 0. The van der Waals surface area contributed by atoms with E-state index in [1.807, 2.05) is 42.3 Å². The number of nitrogens with zero attached hydrogens (tertiary/aromatic N) is 5. The molecule has 0 aliphatic rings. The fourth-order valence-electron chi connectivity index (χ4n) is 2.16. The Balaban J connectivity index is 1.78. The second-order valence-electron chi connectivity index (χ2n) is 5.05. The molecule has 0 atom stereocenters. The summed E-state index contributed by atoms with van der Waals surface area (Å²) in [5.41, 5.74) is 1.09. The first-order valence-electron chi connectivity index (χ1n) is 7.14. The molecule has 0 bridgehead atoms. The maximum absolute atomic E-state index is 9.28. The van der Waals surface area contributed by atoms with Crippen LogP contribution in [-0.2, 0) is 6.42 Å². The molecule has 0 saturated carbocycles. The highest BCUT2D eigenvalue weighted by molar-refractivity contribution is 5.59. The van der Waals surface area contributed by atoms with Gasteiger partial charge in [0.1, 0.15) is 6.07 Å². The van der Waals surface area contributed by atoms with E-state index < -0.39 is 0 Å². The molecule has 0 N–H and O–H groups in total. The molecule has 2 aromatic heterocycles. The first-order valence-corrected chi connectivity index (χ1v) is 7.14. The normalized spacial score (nSPS) is 10.5. The van der Waals surface area contributed by atoms with Crippen molar-refractivity contribution < 1.29 is 8.94 Å². The summed E-state index contributed by atoms with van der Waals surface area (Å²) in [6, 6.07) is 11.6. The van der Waals surface area contributed by atoms with Gasteiger partial charge in [-0.2, -0.15) is 15.2 Å². The zero-order valence-electron chi connectivity index (χ0n) is 12.9. The number of aromatic nitrogens is 3. The molecule has 1 aromatic carbocycles. The van der Waals surface area contributed by atoms with E-state index in [0.29, 0.717) is 36.5 Å². The van der Waals surface area contributed by atoms with Crippen LogP contribution in [-0.4, -0.2) is 28.7 Å². The van der Waals surface area contributed by atoms with Crippen molar-refractivity contribution in [3.05, 3.63) is 47.7 Å². The molecule has 7 nitrogen and oxygen atoms in total. The van der Waals surface area contributed by atoms with Crippen LogP contribution in [0.5, 0.6) is 0 Å². The highest BCUT2D eigenvalue weighted by atomic mass is 16.5. The third-order valence-electron chi connectivity index (χ3n) is 3.32. The van der Waals surface area contributed by atoms with E-state index >= 15 is 0 Å². The second-order valence-corrected chi connectivity index (χ2v) is 5.05. The van der Waals surface area contributed by atoms with Crippen LogP contribution < -0.4 is 4.90 Å². The maximum Gasteiger partial charge on any atom is 0.234 e. The monoisotopic (exact) mass is 309 g/mol. The van der Waals surface area contributed by atoms with Gasteiger partial charge in [-0.15, -0.1) is 0 Å². The van der Waals surface area contributed by atoms with Crippen molar-refractivity contribution >= 4 is 5.88 Å². The van der Waals surface area contributed by atoms with Crippen LogP contribution in [0, 0.1) is 18.3 Å². The van der Waals surface area contributed by atoms with Crippen LogP contribution in [0.25, 0.3) is 11.5 Å². The summed E-state index contributed by atoms with van der Waals surface area (Å²) < 4.78 is 10.7. The Bertz CT molecular complexity index is 832. The highest BCUT2D eigenvalue weighted by Crippen LogP contribution is 2.27. The molecule has 0 aliphatic heterocycles. The summed E-state index contributed by atoms with van der Waals surface area (Å²) in [6.07, 6.45) is 0.583. The van der Waals surface area contributed by atoms with Gasteiger partial charge in [-0.25, -0.2) is 0 Å². The van der Waals surface area contributed by atoms with E-state index in [4.69, 9.17) is 8.94 Å². The van der Waals surface area contributed by atoms with Gasteiger partial charge in [-0.05, 0) is 12.1 Å². The fraction of sp³-hybridized carbons (Fsp3) is 0.250. The van der Waals surface area contributed by atoms with Crippen LogP contribution in [0.15, 0.2) is 39.3 Å². The lowest BCUT2D eigenvalue weighted by Gasteiger charge is -2.14. The average Bonchev–Trinajstić information content (AvgIpc) is 3.19. The number of oxazole rings is 1. The van der Waals surface area contributed by atoms with Crippen molar-refractivity contribution in [3.8, 4) is 17.5 Å². The number of hydrogen-bond donors (Lipinski definition) is 0. The molecule has 23 heavy (non-hydrogen) atoms. The molecule has 0 aliphatic carbocycles. The number of benzene rings is 1. The van der Waals surface area contributed by atoms with Gasteiger partial charge in [0.2, 0.25) is 23.4 Å². The van der Waals surface area contributed by atoms with E-state index in [-0.39, 0.29) is 5.69 Å². The third-order valence-corrected chi connectivity index (χ3v) is 3.32. The summed E-state index contributed by atoms with van der Waals surface area (Å²) in [6.45, 7) is 2.33. The Kier molecular flexibility index (Phi) is 4.06. The van der Waals surface area contributed by atoms with Gasteiger partial charge in [0.25, 0.3) is 0 Å². The topological polar surface area (TPSA) is 92.0 Å². The van der Waals surface area contributed by atoms with Crippen LogP contribution in [0.2, 0.25) is 0 Å². The molecule has 0 spiro atoms. The van der Waals surface area contributed by atoms with Gasteiger partial charge in [0, 0.05) is 32.5 Å². The van der Waals surface area contributed by atoms with E-state index in [0.717, 1.165) is 5.56 Å². The minimum atomic E-state index is 0.260. The number of aryl methyl sites for hydroxylation is 1. The quantitative estimate of drug-likeness (QED) is 0.715. The number of rotatable bonds is 5. The first kappa shape index (κ1) is 14.8. The Morgan fingerprint density at radius 1 is 1.22 bits per heavy atom. The van der Waals surface area contributed by atoms with Gasteiger partial charge < -0.3 is 13.8 Å². The molecule has 3 aromatic rings. The lowest BCUT2D eigenvalue weighted by Crippen LogP contribution is -2.21. The predicted octanol–water partition coefficient (Wildman–Crippen LogP) is 2.58. The average molecular weight is 309 g/mol. The molecule has 0 unspecified atom stereocenters. The minimum Gasteiger partial charge on any atom is -0.419 e. The zero-order chi connectivity index (χ0) is 16.2. The lowest BCUT2D eigenvalue weighted by molar-refractivity contribution is 0.387. The lowest BCUT2D eigenvalue weighted by atomic mass is 10.2. The van der Waals surface area contributed by atoms with Crippen molar-refractivity contribution in [2.75, 3.05) is 18.5 Å². The molecule has 116 valence electrons. The Hall–Kier alpha value is -3.14. The smallest absolute Gasteiger partial charge is 0.234 e. The number of anilines is 1. The van der Waals surface area contributed by atoms with Gasteiger partial charge in [-0.1, -0.05) is 23.4 Å². The van der Waals surface area contributed by atoms with Crippen molar-refractivity contribution in [1.29, 1.82) is 5.26 Å². The molecule has 0 amide bonds. The number of nitriles is 1. The van der Waals surface area contributed by atoms with Crippen molar-refractivity contribution in [2.45, 2.75) is 13.3 Å². The Morgan fingerprint density at radius 3 is 2.65 bits per heavy atom. The summed E-state index contributed by atoms with van der Waals surface area (Å²) in [7, 11) is 1.84. The Morgan fingerprint density at radius 2 is 2.00 bits per heavy atom. The number of likely N-dealkylation sites (N-methyl/N-ethyl adjacent to an activating group) is 1. The van der Waals surface area contributed by atoms with Gasteiger partial charge in [0.05, 0.1) is 0 Å². The van der Waals surface area contributed by atoms with Crippen molar-refractivity contribution in [3.63, 3.8) is 0 Å². The standard InChI is InChI=1S/C16H15N5O2/c1-11-18-14(20-23-11)8-9-21(2)16-13(10-17)19-15(22-16)12-6-4-3-5-7-12/h3-7H,8-9H2,1-2H3. The second kappa shape index (κ2) is 6.32. The van der Waals surface area contributed by atoms with E-state index in [1.165, 1.54) is 0 Å². The van der Waals surface area contributed by atoms with Crippen molar-refractivity contribution in [2.24, 2.45) is 0 Å². The van der Waals surface area contributed by atoms with E-state index in [9.17, 15) is 5.26 Å². The van der Waals surface area contributed by atoms with Crippen LogP contribution in [0.4, 0.5) is 5.88 Å². The summed E-state index contributed by atoms with van der Waals surface area (Å²) in [4.78, 5) is 10.2. The minimum absolute atomic E-state index is 0.260. The molecule has 7 heteroatoms.